The highest BCUT2D eigenvalue weighted by Gasteiger charge is 2.16. The Morgan fingerprint density at radius 3 is 2.45 bits per heavy atom. The fraction of sp³-hybridized carbons (Fsp3) is 0.294. The zero-order chi connectivity index (χ0) is 14.9. The van der Waals surface area contributed by atoms with Gasteiger partial charge in [-0.2, -0.15) is 0 Å². The van der Waals surface area contributed by atoms with Gasteiger partial charge in [0.25, 0.3) is 0 Å². The Morgan fingerprint density at radius 2 is 1.73 bits per heavy atom. The summed E-state index contributed by atoms with van der Waals surface area (Å²) in [6, 6.07) is 10.7. The Morgan fingerprint density at radius 1 is 1.00 bits per heavy atom. The van der Waals surface area contributed by atoms with Gasteiger partial charge in [0.1, 0.15) is 0 Å². The first-order chi connectivity index (χ1) is 10.8. The molecule has 3 heterocycles. The van der Waals surface area contributed by atoms with Crippen molar-refractivity contribution in [2.45, 2.75) is 0 Å². The average Bonchev–Trinajstić information content (AvgIpc) is 3.00. The van der Waals surface area contributed by atoms with E-state index in [1.807, 2.05) is 12.4 Å². The molecule has 0 spiro atoms. The quantitative estimate of drug-likeness (QED) is 0.728. The number of anilines is 1. The molecule has 112 valence electrons. The summed E-state index contributed by atoms with van der Waals surface area (Å²) in [4.78, 5) is 15.0. The minimum Gasteiger partial charge on any atom is -0.338 e. The Labute approximate surface area is 134 Å². The predicted molar refractivity (Wildman–Crippen MR) is 92.6 cm³/mol. The van der Waals surface area contributed by atoms with Crippen LogP contribution in [0.1, 0.15) is 0 Å². The molecular weight excluding hydrogens is 292 g/mol. The minimum atomic E-state index is 0.845. The molecule has 0 bridgehead atoms. The Hall–Kier alpha value is -1.98. The predicted octanol–water partition coefficient (Wildman–Crippen LogP) is 3.11. The third kappa shape index (κ3) is 2.58. The summed E-state index contributed by atoms with van der Waals surface area (Å²) >= 11 is 1.79. The molecular formula is C17H18N4S. The summed E-state index contributed by atoms with van der Waals surface area (Å²) in [6.07, 6.45) is 3.90. The molecule has 4 rings (SSSR count). The normalized spacial score (nSPS) is 16.3. The zero-order valence-corrected chi connectivity index (χ0v) is 13.4. The second-order valence-corrected chi connectivity index (χ2v) is 6.79. The summed E-state index contributed by atoms with van der Waals surface area (Å²) < 4.78 is 1.31. The molecule has 0 amide bonds. The van der Waals surface area contributed by atoms with E-state index in [4.69, 9.17) is 0 Å². The van der Waals surface area contributed by atoms with Gasteiger partial charge in [-0.1, -0.05) is 18.2 Å². The van der Waals surface area contributed by atoms with E-state index < -0.39 is 0 Å². The van der Waals surface area contributed by atoms with Crippen LogP contribution in [0.5, 0.6) is 0 Å². The number of rotatable bonds is 2. The lowest BCUT2D eigenvalue weighted by molar-refractivity contribution is 0.311. The number of fused-ring (bicyclic) bond motifs is 1. The molecule has 1 aliphatic heterocycles. The lowest BCUT2D eigenvalue weighted by Gasteiger charge is -2.32. The van der Waals surface area contributed by atoms with E-state index >= 15 is 0 Å². The van der Waals surface area contributed by atoms with Crippen LogP contribution in [0.2, 0.25) is 0 Å². The van der Waals surface area contributed by atoms with E-state index in [1.165, 1.54) is 15.0 Å². The Kier molecular flexibility index (Phi) is 3.52. The SMILES string of the molecule is CN1CCN(c2ncc(-c3cc4ccccc4s3)cn2)CC1. The summed E-state index contributed by atoms with van der Waals surface area (Å²) in [5, 5.41) is 1.28. The third-order valence-electron chi connectivity index (χ3n) is 4.13. The number of piperazine rings is 1. The minimum absolute atomic E-state index is 0.845. The van der Waals surface area contributed by atoms with Crippen LogP contribution in [-0.2, 0) is 0 Å². The fourth-order valence-corrected chi connectivity index (χ4v) is 3.78. The van der Waals surface area contributed by atoms with Gasteiger partial charge < -0.3 is 9.80 Å². The lowest BCUT2D eigenvalue weighted by atomic mass is 10.2. The second-order valence-electron chi connectivity index (χ2n) is 5.71. The van der Waals surface area contributed by atoms with Crippen LogP contribution in [0.4, 0.5) is 5.95 Å². The first-order valence-electron chi connectivity index (χ1n) is 7.54. The van der Waals surface area contributed by atoms with Crippen molar-refractivity contribution in [3.63, 3.8) is 0 Å². The van der Waals surface area contributed by atoms with Crippen LogP contribution >= 0.6 is 11.3 Å². The summed E-state index contributed by atoms with van der Waals surface area (Å²) in [5.74, 6) is 0.845. The lowest BCUT2D eigenvalue weighted by Crippen LogP contribution is -2.45. The number of thiophene rings is 1. The zero-order valence-electron chi connectivity index (χ0n) is 12.6. The van der Waals surface area contributed by atoms with Crippen molar-refractivity contribution in [1.29, 1.82) is 0 Å². The molecule has 0 atom stereocenters. The van der Waals surface area contributed by atoms with Crippen molar-refractivity contribution in [3.05, 3.63) is 42.7 Å². The maximum absolute atomic E-state index is 4.58. The molecule has 1 aliphatic rings. The maximum Gasteiger partial charge on any atom is 0.225 e. The van der Waals surface area contributed by atoms with E-state index in [0.29, 0.717) is 0 Å². The van der Waals surface area contributed by atoms with Crippen molar-refractivity contribution in [3.8, 4) is 10.4 Å². The summed E-state index contributed by atoms with van der Waals surface area (Å²) in [5.41, 5.74) is 1.10. The van der Waals surface area contributed by atoms with Crippen LogP contribution in [0.3, 0.4) is 0 Å². The summed E-state index contributed by atoms with van der Waals surface area (Å²) in [7, 11) is 2.16. The first kappa shape index (κ1) is 13.7. The van der Waals surface area contributed by atoms with Crippen LogP contribution in [0.25, 0.3) is 20.5 Å². The number of likely N-dealkylation sites (N-methyl/N-ethyl adjacent to an activating group) is 1. The molecule has 3 aromatic rings. The van der Waals surface area contributed by atoms with Crippen molar-refractivity contribution < 1.29 is 0 Å². The van der Waals surface area contributed by atoms with Crippen LogP contribution < -0.4 is 4.90 Å². The monoisotopic (exact) mass is 310 g/mol. The fourth-order valence-electron chi connectivity index (χ4n) is 2.74. The molecule has 0 saturated carbocycles. The first-order valence-corrected chi connectivity index (χ1v) is 8.36. The largest absolute Gasteiger partial charge is 0.338 e. The third-order valence-corrected chi connectivity index (χ3v) is 5.30. The average molecular weight is 310 g/mol. The number of benzene rings is 1. The van der Waals surface area contributed by atoms with Crippen molar-refractivity contribution in [2.24, 2.45) is 0 Å². The van der Waals surface area contributed by atoms with Crippen LogP contribution in [0.15, 0.2) is 42.7 Å². The number of hydrogen-bond donors (Lipinski definition) is 0. The number of hydrogen-bond acceptors (Lipinski definition) is 5. The van der Waals surface area contributed by atoms with Crippen molar-refractivity contribution in [2.75, 3.05) is 38.1 Å². The van der Waals surface area contributed by atoms with E-state index in [0.717, 1.165) is 37.7 Å². The van der Waals surface area contributed by atoms with Crippen LogP contribution in [0, 0.1) is 0 Å². The highest BCUT2D eigenvalue weighted by atomic mass is 32.1. The topological polar surface area (TPSA) is 32.3 Å². The molecule has 2 aromatic heterocycles. The molecule has 4 nitrogen and oxygen atoms in total. The standard InChI is InChI=1S/C17H18N4S/c1-20-6-8-21(9-7-20)17-18-11-14(12-19-17)16-10-13-4-2-3-5-15(13)22-16/h2-5,10-12H,6-9H2,1H3. The van der Waals surface area contributed by atoms with E-state index in [1.54, 1.807) is 11.3 Å². The van der Waals surface area contributed by atoms with Crippen molar-refractivity contribution in [1.82, 2.24) is 14.9 Å². The Balaban J connectivity index is 1.58. The molecule has 1 aromatic carbocycles. The van der Waals surface area contributed by atoms with E-state index in [-0.39, 0.29) is 0 Å². The van der Waals surface area contributed by atoms with E-state index in [2.05, 4.69) is 57.1 Å². The Bertz CT molecular complexity index is 740. The molecule has 1 saturated heterocycles. The van der Waals surface area contributed by atoms with Gasteiger partial charge in [0, 0.05) is 53.7 Å². The molecule has 1 fully saturated rings. The van der Waals surface area contributed by atoms with Gasteiger partial charge in [0.05, 0.1) is 0 Å². The number of nitrogens with zero attached hydrogens (tertiary/aromatic N) is 4. The number of aromatic nitrogens is 2. The van der Waals surface area contributed by atoms with Gasteiger partial charge in [0.15, 0.2) is 0 Å². The molecule has 0 unspecified atom stereocenters. The van der Waals surface area contributed by atoms with E-state index in [9.17, 15) is 0 Å². The highest BCUT2D eigenvalue weighted by Crippen LogP contribution is 2.32. The highest BCUT2D eigenvalue weighted by molar-refractivity contribution is 7.22. The maximum atomic E-state index is 4.58. The van der Waals surface area contributed by atoms with Gasteiger partial charge in [-0.25, -0.2) is 9.97 Å². The molecule has 0 N–H and O–H groups in total. The smallest absolute Gasteiger partial charge is 0.225 e. The molecule has 22 heavy (non-hydrogen) atoms. The summed E-state index contributed by atoms with van der Waals surface area (Å²) in [6.45, 7) is 4.14. The van der Waals surface area contributed by atoms with Gasteiger partial charge in [0.2, 0.25) is 5.95 Å². The molecule has 0 radical (unpaired) electrons. The van der Waals surface area contributed by atoms with Crippen molar-refractivity contribution >= 4 is 27.4 Å². The van der Waals surface area contributed by atoms with Gasteiger partial charge in [-0.05, 0) is 24.6 Å². The van der Waals surface area contributed by atoms with Gasteiger partial charge >= 0.3 is 0 Å². The molecule has 0 aliphatic carbocycles. The molecule has 5 heteroatoms. The van der Waals surface area contributed by atoms with Gasteiger partial charge in [-0.3, -0.25) is 0 Å². The van der Waals surface area contributed by atoms with Crippen LogP contribution in [-0.4, -0.2) is 48.1 Å². The van der Waals surface area contributed by atoms with Gasteiger partial charge in [-0.15, -0.1) is 11.3 Å². The second kappa shape index (κ2) is 5.66.